The van der Waals surface area contributed by atoms with E-state index < -0.39 is 5.60 Å². The van der Waals surface area contributed by atoms with Crippen molar-refractivity contribution >= 4 is 29.3 Å². The molecule has 1 aromatic carbocycles. The number of nitrogens with zero attached hydrogens (tertiary/aromatic N) is 4. The number of anilines is 2. The molecule has 1 aromatic heterocycles. The van der Waals surface area contributed by atoms with Gasteiger partial charge in [0.05, 0.1) is 0 Å². The Balaban J connectivity index is 1.61. The van der Waals surface area contributed by atoms with Crippen molar-refractivity contribution in [3.8, 4) is 0 Å². The van der Waals surface area contributed by atoms with Crippen molar-refractivity contribution in [1.29, 1.82) is 0 Å². The lowest BCUT2D eigenvalue weighted by molar-refractivity contribution is 0.0205. The van der Waals surface area contributed by atoms with E-state index in [1.807, 2.05) is 26.8 Å². The summed E-state index contributed by atoms with van der Waals surface area (Å²) in [4.78, 5) is 25.9. The van der Waals surface area contributed by atoms with Gasteiger partial charge in [0.25, 0.3) is 0 Å². The van der Waals surface area contributed by atoms with Gasteiger partial charge in [-0.1, -0.05) is 6.07 Å². The van der Waals surface area contributed by atoms with Gasteiger partial charge in [-0.15, -0.1) is 0 Å². The smallest absolute Gasteiger partial charge is 0.410 e. The lowest BCUT2D eigenvalue weighted by Gasteiger charge is -2.34. The Bertz CT molecular complexity index is 845. The van der Waals surface area contributed by atoms with Crippen molar-refractivity contribution in [2.45, 2.75) is 52.1 Å². The molecule has 1 amide bonds. The van der Waals surface area contributed by atoms with Gasteiger partial charge in [-0.25, -0.2) is 14.8 Å². The zero-order valence-electron chi connectivity index (χ0n) is 16.7. The highest BCUT2D eigenvalue weighted by molar-refractivity contribution is 6.28. The monoisotopic (exact) mass is 403 g/mol. The quantitative estimate of drug-likeness (QED) is 0.800. The van der Waals surface area contributed by atoms with Gasteiger partial charge < -0.3 is 15.0 Å². The third-order valence-electron chi connectivity index (χ3n) is 4.65. The van der Waals surface area contributed by atoms with Crippen LogP contribution < -0.4 is 5.32 Å². The Morgan fingerprint density at radius 1 is 1.25 bits per heavy atom. The molecule has 150 valence electrons. The number of rotatable bonds is 3. The summed E-state index contributed by atoms with van der Waals surface area (Å²) in [6.07, 6.45) is 3.00. The predicted molar refractivity (Wildman–Crippen MR) is 109 cm³/mol. The minimum absolute atomic E-state index is 0.155. The molecule has 0 unspecified atom stereocenters. The average molecular weight is 404 g/mol. The summed E-state index contributed by atoms with van der Waals surface area (Å²) < 4.78 is 5.48. The molecule has 7 nitrogen and oxygen atoms in total. The maximum absolute atomic E-state index is 12.2. The van der Waals surface area contributed by atoms with Crippen LogP contribution in [0.25, 0.3) is 0 Å². The number of nitrogens with one attached hydrogen (secondary N) is 1. The van der Waals surface area contributed by atoms with Gasteiger partial charge in [0.2, 0.25) is 11.2 Å². The number of hydrogen-bond acceptors (Lipinski definition) is 6. The Kier molecular flexibility index (Phi) is 6.03. The molecule has 0 bridgehead atoms. The summed E-state index contributed by atoms with van der Waals surface area (Å²) in [7, 11) is 0. The van der Waals surface area contributed by atoms with Crippen LogP contribution in [0, 0.1) is 6.92 Å². The number of ether oxygens (including phenoxy) is 1. The van der Waals surface area contributed by atoms with Gasteiger partial charge in [0.15, 0.2) is 0 Å². The molecule has 3 rings (SSSR count). The highest BCUT2D eigenvalue weighted by Crippen LogP contribution is 2.32. The van der Waals surface area contributed by atoms with Crippen LogP contribution in [0.1, 0.15) is 50.7 Å². The fourth-order valence-corrected chi connectivity index (χ4v) is 3.50. The lowest BCUT2D eigenvalue weighted by atomic mass is 9.87. The zero-order valence-corrected chi connectivity index (χ0v) is 17.5. The minimum atomic E-state index is -0.462. The molecule has 2 aromatic rings. The van der Waals surface area contributed by atoms with E-state index in [9.17, 15) is 4.79 Å². The SMILES string of the molecule is Cc1cc(Nc2ncnc(Cl)n2)ccc1C1CCN(C(=O)OC(C)(C)C)CC1. The Morgan fingerprint density at radius 2 is 1.96 bits per heavy atom. The number of halogens is 1. The van der Waals surface area contributed by atoms with Crippen molar-refractivity contribution < 1.29 is 9.53 Å². The average Bonchev–Trinajstić information content (AvgIpc) is 2.61. The maximum Gasteiger partial charge on any atom is 0.410 e. The standard InChI is InChI=1S/C20H26ClN5O2/c1-13-11-15(24-18-23-12-22-17(21)25-18)5-6-16(13)14-7-9-26(10-8-14)19(27)28-20(2,3)4/h5-6,11-12,14H,7-10H2,1-4H3,(H,22,23,24,25). The minimum Gasteiger partial charge on any atom is -0.444 e. The van der Waals surface area contributed by atoms with E-state index in [4.69, 9.17) is 16.3 Å². The first kappa shape index (κ1) is 20.3. The largest absolute Gasteiger partial charge is 0.444 e. The molecule has 28 heavy (non-hydrogen) atoms. The summed E-state index contributed by atoms with van der Waals surface area (Å²) in [6, 6.07) is 6.22. The molecule has 1 aliphatic rings. The number of carbonyl (C=O) groups is 1. The summed E-state index contributed by atoms with van der Waals surface area (Å²) in [5, 5.41) is 3.30. The lowest BCUT2D eigenvalue weighted by Crippen LogP contribution is -2.41. The summed E-state index contributed by atoms with van der Waals surface area (Å²) >= 11 is 5.80. The normalized spacial score (nSPS) is 15.4. The van der Waals surface area contributed by atoms with Crippen LogP contribution >= 0.6 is 11.6 Å². The number of amides is 1. The number of likely N-dealkylation sites (tertiary alicyclic amines) is 1. The number of hydrogen-bond donors (Lipinski definition) is 1. The van der Waals surface area contributed by atoms with E-state index in [2.05, 4.69) is 39.3 Å². The number of aryl methyl sites for hydroxylation is 1. The summed E-state index contributed by atoms with van der Waals surface area (Å²) in [5.41, 5.74) is 2.94. The Hall–Kier alpha value is -2.41. The molecule has 0 spiro atoms. The third-order valence-corrected chi connectivity index (χ3v) is 4.84. The number of piperidine rings is 1. The molecule has 0 atom stereocenters. The van der Waals surface area contributed by atoms with E-state index in [1.165, 1.54) is 17.5 Å². The van der Waals surface area contributed by atoms with Crippen LogP contribution in [-0.2, 0) is 4.74 Å². The van der Waals surface area contributed by atoms with E-state index in [0.717, 1.165) is 18.5 Å². The number of carbonyl (C=O) groups excluding carboxylic acids is 1. The fraction of sp³-hybridized carbons (Fsp3) is 0.500. The second-order valence-electron chi connectivity index (χ2n) is 8.02. The topological polar surface area (TPSA) is 80.2 Å². The number of aromatic nitrogens is 3. The first-order chi connectivity index (χ1) is 13.2. The predicted octanol–water partition coefficient (Wildman–Crippen LogP) is 4.69. The Morgan fingerprint density at radius 3 is 2.57 bits per heavy atom. The summed E-state index contributed by atoms with van der Waals surface area (Å²) in [6.45, 7) is 9.19. The molecule has 1 aliphatic heterocycles. The van der Waals surface area contributed by atoms with Crippen molar-refractivity contribution in [2.24, 2.45) is 0 Å². The maximum atomic E-state index is 12.2. The van der Waals surface area contributed by atoms with Gasteiger partial charge in [0, 0.05) is 18.8 Å². The molecule has 0 radical (unpaired) electrons. The van der Waals surface area contributed by atoms with Crippen molar-refractivity contribution in [3.05, 3.63) is 40.9 Å². The van der Waals surface area contributed by atoms with Gasteiger partial charge in [-0.2, -0.15) is 4.98 Å². The highest BCUT2D eigenvalue weighted by atomic mass is 35.5. The van der Waals surface area contributed by atoms with Crippen molar-refractivity contribution in [2.75, 3.05) is 18.4 Å². The van der Waals surface area contributed by atoms with Gasteiger partial charge in [-0.3, -0.25) is 0 Å². The molecule has 8 heteroatoms. The van der Waals surface area contributed by atoms with Crippen LogP contribution in [0.2, 0.25) is 5.28 Å². The van der Waals surface area contributed by atoms with Crippen LogP contribution in [0.5, 0.6) is 0 Å². The fourth-order valence-electron chi connectivity index (χ4n) is 3.38. The van der Waals surface area contributed by atoms with Crippen LogP contribution in [0.4, 0.5) is 16.4 Å². The zero-order chi connectivity index (χ0) is 20.3. The first-order valence-corrected chi connectivity index (χ1v) is 9.79. The van der Waals surface area contributed by atoms with Crippen molar-refractivity contribution in [3.63, 3.8) is 0 Å². The van der Waals surface area contributed by atoms with Crippen LogP contribution in [-0.4, -0.2) is 44.6 Å². The second kappa shape index (κ2) is 8.31. The van der Waals surface area contributed by atoms with E-state index in [0.29, 0.717) is 25.0 Å². The Labute approximate surface area is 170 Å². The van der Waals surface area contributed by atoms with E-state index in [-0.39, 0.29) is 11.4 Å². The molecular weight excluding hydrogens is 378 g/mol. The number of benzene rings is 1. The molecule has 1 saturated heterocycles. The summed E-state index contributed by atoms with van der Waals surface area (Å²) in [5.74, 6) is 0.845. The van der Waals surface area contributed by atoms with Gasteiger partial charge >= 0.3 is 6.09 Å². The van der Waals surface area contributed by atoms with Crippen molar-refractivity contribution in [1.82, 2.24) is 19.9 Å². The first-order valence-electron chi connectivity index (χ1n) is 9.41. The molecule has 1 N–H and O–H groups in total. The second-order valence-corrected chi connectivity index (χ2v) is 8.35. The molecular formula is C20H26ClN5O2. The third kappa shape index (κ3) is 5.32. The molecule has 0 saturated carbocycles. The van der Waals surface area contributed by atoms with Crippen LogP contribution in [0.3, 0.4) is 0 Å². The van der Waals surface area contributed by atoms with Crippen LogP contribution in [0.15, 0.2) is 24.5 Å². The van der Waals surface area contributed by atoms with Gasteiger partial charge in [-0.05, 0) is 81.3 Å². The highest BCUT2D eigenvalue weighted by Gasteiger charge is 2.28. The molecule has 2 heterocycles. The van der Waals surface area contributed by atoms with E-state index in [1.54, 1.807) is 4.90 Å². The molecule has 0 aliphatic carbocycles. The molecule has 1 fully saturated rings. The van der Waals surface area contributed by atoms with Gasteiger partial charge in [0.1, 0.15) is 11.9 Å². The van der Waals surface area contributed by atoms with E-state index >= 15 is 0 Å².